The van der Waals surface area contributed by atoms with Crippen LogP contribution in [0.25, 0.3) is 0 Å². The van der Waals surface area contributed by atoms with Gasteiger partial charge in [-0.15, -0.1) is 0 Å². The minimum absolute atomic E-state index is 0.0215. The Kier molecular flexibility index (Phi) is 5.20. The van der Waals surface area contributed by atoms with E-state index in [9.17, 15) is 4.79 Å². The summed E-state index contributed by atoms with van der Waals surface area (Å²) in [7, 11) is 3.30. The van der Waals surface area contributed by atoms with Crippen LogP contribution >= 0.6 is 0 Å². The summed E-state index contributed by atoms with van der Waals surface area (Å²) in [6, 6.07) is 15.7. The second kappa shape index (κ2) is 7.95. The largest absolute Gasteiger partial charge is 0.497 e. The maximum atomic E-state index is 12.9. The van der Waals surface area contributed by atoms with Crippen LogP contribution in [-0.4, -0.2) is 34.9 Å². The third-order valence-electron chi connectivity index (χ3n) is 5.40. The Balaban J connectivity index is 1.79. The molecule has 1 aromatic heterocycles. The van der Waals surface area contributed by atoms with Gasteiger partial charge in [0.1, 0.15) is 17.8 Å². The third kappa shape index (κ3) is 3.44. The van der Waals surface area contributed by atoms with Gasteiger partial charge in [0.05, 0.1) is 26.3 Å². The number of methoxy groups -OCH3 is 2. The standard InChI is InChI=1S/C22H24N4O3/c1-4-21(27)25-19(15-5-9-17(28-2)10-6-15)13-20(26-22(25)23-14-24-26)16-7-11-18(29-3)12-8-16/h5-12,14,19-20H,4,13H2,1-3H3/t19-,20-/m0/s1. The number of fused-ring (bicyclic) bond motifs is 1. The molecule has 1 aliphatic rings. The zero-order valence-corrected chi connectivity index (χ0v) is 16.8. The van der Waals surface area contributed by atoms with Crippen molar-refractivity contribution in [2.24, 2.45) is 0 Å². The molecule has 1 amide bonds. The lowest BCUT2D eigenvalue weighted by Crippen LogP contribution is -2.42. The van der Waals surface area contributed by atoms with Crippen LogP contribution in [0.3, 0.4) is 0 Å². The van der Waals surface area contributed by atoms with E-state index < -0.39 is 0 Å². The second-order valence-corrected chi connectivity index (χ2v) is 6.94. The van der Waals surface area contributed by atoms with Gasteiger partial charge in [-0.25, -0.2) is 4.68 Å². The number of hydrogen-bond acceptors (Lipinski definition) is 5. The maximum absolute atomic E-state index is 12.9. The Labute approximate surface area is 169 Å². The zero-order valence-electron chi connectivity index (χ0n) is 16.8. The van der Waals surface area contributed by atoms with Crippen molar-refractivity contribution in [2.75, 3.05) is 19.1 Å². The molecular weight excluding hydrogens is 368 g/mol. The molecule has 0 radical (unpaired) electrons. The molecule has 0 aliphatic carbocycles. The number of ether oxygens (including phenoxy) is 2. The van der Waals surface area contributed by atoms with Gasteiger partial charge in [-0.3, -0.25) is 9.69 Å². The van der Waals surface area contributed by atoms with Crippen LogP contribution in [0, 0.1) is 0 Å². The van der Waals surface area contributed by atoms with Gasteiger partial charge in [0.2, 0.25) is 11.9 Å². The smallest absolute Gasteiger partial charge is 0.231 e. The summed E-state index contributed by atoms with van der Waals surface area (Å²) in [5, 5.41) is 4.44. The minimum atomic E-state index is -0.142. The summed E-state index contributed by atoms with van der Waals surface area (Å²) in [5.74, 6) is 2.18. The first-order valence-corrected chi connectivity index (χ1v) is 9.65. The molecule has 150 valence electrons. The van der Waals surface area contributed by atoms with Crippen molar-refractivity contribution in [1.82, 2.24) is 14.8 Å². The number of carbonyl (C=O) groups is 1. The molecule has 7 nitrogen and oxygen atoms in total. The summed E-state index contributed by atoms with van der Waals surface area (Å²) in [5.41, 5.74) is 2.14. The van der Waals surface area contributed by atoms with E-state index in [0.717, 1.165) is 22.6 Å². The first-order valence-electron chi connectivity index (χ1n) is 9.65. The molecule has 1 aliphatic heterocycles. The van der Waals surface area contributed by atoms with E-state index >= 15 is 0 Å². The predicted octanol–water partition coefficient (Wildman–Crippen LogP) is 3.77. The number of aromatic nitrogens is 3. The summed E-state index contributed by atoms with van der Waals surface area (Å²) in [6.45, 7) is 1.86. The lowest BCUT2D eigenvalue weighted by Gasteiger charge is -2.39. The Morgan fingerprint density at radius 1 is 0.966 bits per heavy atom. The van der Waals surface area contributed by atoms with Crippen LogP contribution in [0.4, 0.5) is 5.95 Å². The lowest BCUT2D eigenvalue weighted by atomic mass is 9.91. The molecule has 0 saturated heterocycles. The second-order valence-electron chi connectivity index (χ2n) is 6.94. The van der Waals surface area contributed by atoms with E-state index in [-0.39, 0.29) is 18.0 Å². The Morgan fingerprint density at radius 2 is 1.52 bits per heavy atom. The average Bonchev–Trinajstić information content (AvgIpc) is 3.27. The van der Waals surface area contributed by atoms with Crippen molar-refractivity contribution in [1.29, 1.82) is 0 Å². The van der Waals surface area contributed by atoms with Gasteiger partial charge in [-0.05, 0) is 41.8 Å². The first-order chi connectivity index (χ1) is 14.2. The number of amides is 1. The molecule has 0 N–H and O–H groups in total. The van der Waals surface area contributed by atoms with Crippen molar-refractivity contribution < 1.29 is 14.3 Å². The minimum Gasteiger partial charge on any atom is -0.497 e. The summed E-state index contributed by atoms with van der Waals surface area (Å²) < 4.78 is 12.4. The SMILES string of the molecule is CCC(=O)N1c2ncnn2[C@H](c2ccc(OC)cc2)C[C@H]1c1ccc(OC)cc1. The predicted molar refractivity (Wildman–Crippen MR) is 109 cm³/mol. The summed E-state index contributed by atoms with van der Waals surface area (Å²) in [6.07, 6.45) is 2.60. The van der Waals surface area contributed by atoms with E-state index in [0.29, 0.717) is 18.8 Å². The van der Waals surface area contributed by atoms with Crippen LogP contribution in [0.2, 0.25) is 0 Å². The van der Waals surface area contributed by atoms with E-state index in [2.05, 4.69) is 10.1 Å². The molecule has 7 heteroatoms. The van der Waals surface area contributed by atoms with Crippen molar-refractivity contribution in [3.8, 4) is 11.5 Å². The van der Waals surface area contributed by atoms with E-state index in [4.69, 9.17) is 9.47 Å². The van der Waals surface area contributed by atoms with Crippen LogP contribution in [0.1, 0.15) is 43.0 Å². The van der Waals surface area contributed by atoms with Crippen LogP contribution < -0.4 is 14.4 Å². The number of rotatable bonds is 5. The molecule has 2 atom stereocenters. The van der Waals surface area contributed by atoms with E-state index in [1.165, 1.54) is 6.33 Å². The van der Waals surface area contributed by atoms with Crippen LogP contribution in [0.15, 0.2) is 54.9 Å². The highest BCUT2D eigenvalue weighted by atomic mass is 16.5. The van der Waals surface area contributed by atoms with Gasteiger partial charge >= 0.3 is 0 Å². The zero-order chi connectivity index (χ0) is 20.4. The molecule has 4 rings (SSSR count). The fraction of sp³-hybridized carbons (Fsp3) is 0.318. The molecule has 2 heterocycles. The van der Waals surface area contributed by atoms with Crippen LogP contribution in [0.5, 0.6) is 11.5 Å². The molecule has 0 spiro atoms. The molecule has 0 fully saturated rings. The van der Waals surface area contributed by atoms with Crippen molar-refractivity contribution in [3.05, 3.63) is 66.0 Å². The van der Waals surface area contributed by atoms with Gasteiger partial charge in [0.15, 0.2) is 0 Å². The first kappa shape index (κ1) is 19.0. The van der Waals surface area contributed by atoms with E-state index in [1.807, 2.05) is 60.1 Å². The van der Waals surface area contributed by atoms with E-state index in [1.54, 1.807) is 19.1 Å². The number of anilines is 1. The maximum Gasteiger partial charge on any atom is 0.231 e. The van der Waals surface area contributed by atoms with Crippen molar-refractivity contribution in [3.63, 3.8) is 0 Å². The average molecular weight is 392 g/mol. The van der Waals surface area contributed by atoms with Crippen molar-refractivity contribution in [2.45, 2.75) is 31.8 Å². The van der Waals surface area contributed by atoms with Gasteiger partial charge in [0.25, 0.3) is 0 Å². The van der Waals surface area contributed by atoms with Gasteiger partial charge in [-0.1, -0.05) is 31.2 Å². The highest BCUT2D eigenvalue weighted by molar-refractivity contribution is 5.92. The number of nitrogens with zero attached hydrogens (tertiary/aromatic N) is 4. The van der Waals surface area contributed by atoms with Gasteiger partial charge in [-0.2, -0.15) is 10.1 Å². The molecule has 0 saturated carbocycles. The quantitative estimate of drug-likeness (QED) is 0.661. The van der Waals surface area contributed by atoms with Gasteiger partial charge in [0, 0.05) is 6.42 Å². The van der Waals surface area contributed by atoms with Crippen LogP contribution in [-0.2, 0) is 4.79 Å². The topological polar surface area (TPSA) is 69.5 Å². The fourth-order valence-electron chi connectivity index (χ4n) is 3.86. The highest BCUT2D eigenvalue weighted by Gasteiger charge is 2.38. The summed E-state index contributed by atoms with van der Waals surface area (Å²) in [4.78, 5) is 19.1. The molecule has 29 heavy (non-hydrogen) atoms. The Morgan fingerprint density at radius 3 is 2.03 bits per heavy atom. The number of benzene rings is 2. The molecule has 3 aromatic rings. The Hall–Kier alpha value is -3.35. The molecule has 0 unspecified atom stereocenters. The molecule has 2 aromatic carbocycles. The number of carbonyl (C=O) groups excluding carboxylic acids is 1. The number of hydrogen-bond donors (Lipinski definition) is 0. The normalized spacial score (nSPS) is 18.2. The van der Waals surface area contributed by atoms with Gasteiger partial charge < -0.3 is 9.47 Å². The molecular formula is C22H24N4O3. The highest BCUT2D eigenvalue weighted by Crippen LogP contribution is 2.42. The third-order valence-corrected chi connectivity index (χ3v) is 5.40. The monoisotopic (exact) mass is 392 g/mol. The summed E-state index contributed by atoms with van der Waals surface area (Å²) >= 11 is 0. The lowest BCUT2D eigenvalue weighted by molar-refractivity contribution is -0.119. The van der Waals surface area contributed by atoms with Crippen molar-refractivity contribution >= 4 is 11.9 Å². The molecule has 0 bridgehead atoms. The fourth-order valence-corrected chi connectivity index (χ4v) is 3.86. The Bertz CT molecular complexity index is 982.